The van der Waals surface area contributed by atoms with Gasteiger partial charge in [-0.05, 0) is 36.6 Å². The zero-order valence-corrected chi connectivity index (χ0v) is 13.0. The molecule has 114 valence electrons. The Balaban J connectivity index is 1.58. The lowest BCUT2D eigenvalue weighted by atomic mass is 9.92. The molecular weight excluding hydrogens is 298 g/mol. The molecule has 0 fully saturated rings. The maximum atomic E-state index is 12.4. The van der Waals surface area contributed by atoms with Crippen LogP contribution in [0.3, 0.4) is 0 Å². The second-order valence-corrected chi connectivity index (χ2v) is 5.83. The predicted octanol–water partition coefficient (Wildman–Crippen LogP) is 3.57. The number of ether oxygens (including phenoxy) is 1. The van der Waals surface area contributed by atoms with Crippen LogP contribution in [0.2, 0.25) is 5.02 Å². The molecule has 3 rings (SSSR count). The monoisotopic (exact) mass is 315 g/mol. The minimum atomic E-state index is -0.116. The van der Waals surface area contributed by atoms with Crippen LogP contribution in [0.25, 0.3) is 0 Å². The van der Waals surface area contributed by atoms with Gasteiger partial charge in [-0.3, -0.25) is 4.79 Å². The Morgan fingerprint density at radius 2 is 1.95 bits per heavy atom. The van der Waals surface area contributed by atoms with E-state index in [-0.39, 0.29) is 11.8 Å². The van der Waals surface area contributed by atoms with Gasteiger partial charge in [-0.1, -0.05) is 41.9 Å². The van der Waals surface area contributed by atoms with Gasteiger partial charge in [-0.15, -0.1) is 0 Å². The van der Waals surface area contributed by atoms with Gasteiger partial charge in [0.25, 0.3) is 0 Å². The normalized spacial score (nSPS) is 16.5. The molecule has 0 spiro atoms. The second kappa shape index (κ2) is 6.84. The SMILES string of the molecule is O=C(NCCc1ccc(Cl)cc1)C1CCOc2ccccc21. The van der Waals surface area contributed by atoms with Crippen LogP contribution in [-0.4, -0.2) is 19.1 Å². The predicted molar refractivity (Wildman–Crippen MR) is 87.5 cm³/mol. The highest BCUT2D eigenvalue weighted by atomic mass is 35.5. The van der Waals surface area contributed by atoms with E-state index in [0.717, 1.165) is 34.7 Å². The summed E-state index contributed by atoms with van der Waals surface area (Å²) in [5, 5.41) is 3.76. The number of hydrogen-bond donors (Lipinski definition) is 1. The lowest BCUT2D eigenvalue weighted by Crippen LogP contribution is -2.33. The highest BCUT2D eigenvalue weighted by Crippen LogP contribution is 2.33. The van der Waals surface area contributed by atoms with Crippen LogP contribution < -0.4 is 10.1 Å². The van der Waals surface area contributed by atoms with E-state index in [4.69, 9.17) is 16.3 Å². The van der Waals surface area contributed by atoms with E-state index >= 15 is 0 Å². The number of nitrogens with one attached hydrogen (secondary N) is 1. The molecule has 1 aliphatic heterocycles. The highest BCUT2D eigenvalue weighted by molar-refractivity contribution is 6.30. The zero-order chi connectivity index (χ0) is 15.4. The average Bonchev–Trinajstić information content (AvgIpc) is 2.56. The van der Waals surface area contributed by atoms with E-state index in [9.17, 15) is 4.79 Å². The second-order valence-electron chi connectivity index (χ2n) is 5.40. The van der Waals surface area contributed by atoms with Gasteiger partial charge in [-0.25, -0.2) is 0 Å². The summed E-state index contributed by atoms with van der Waals surface area (Å²) in [6.07, 6.45) is 1.53. The summed E-state index contributed by atoms with van der Waals surface area (Å²) in [7, 11) is 0. The molecule has 0 aliphatic carbocycles. The molecule has 4 heteroatoms. The van der Waals surface area contributed by atoms with Crippen molar-refractivity contribution in [2.75, 3.05) is 13.2 Å². The van der Waals surface area contributed by atoms with Gasteiger partial charge in [0.2, 0.25) is 5.91 Å². The Hall–Kier alpha value is -2.00. The first-order chi connectivity index (χ1) is 10.7. The molecule has 0 saturated carbocycles. The molecule has 0 aromatic heterocycles. The third-order valence-corrected chi connectivity index (χ3v) is 4.15. The largest absolute Gasteiger partial charge is 0.493 e. The quantitative estimate of drug-likeness (QED) is 0.936. The highest BCUT2D eigenvalue weighted by Gasteiger charge is 2.26. The summed E-state index contributed by atoms with van der Waals surface area (Å²) in [5.41, 5.74) is 2.15. The van der Waals surface area contributed by atoms with Gasteiger partial charge in [0, 0.05) is 17.1 Å². The molecule has 3 nitrogen and oxygen atoms in total. The van der Waals surface area contributed by atoms with Crippen LogP contribution in [-0.2, 0) is 11.2 Å². The lowest BCUT2D eigenvalue weighted by Gasteiger charge is -2.25. The minimum Gasteiger partial charge on any atom is -0.493 e. The van der Waals surface area contributed by atoms with E-state index < -0.39 is 0 Å². The van der Waals surface area contributed by atoms with Crippen LogP contribution in [0.4, 0.5) is 0 Å². The van der Waals surface area contributed by atoms with E-state index in [1.165, 1.54) is 0 Å². The van der Waals surface area contributed by atoms with Gasteiger partial charge in [-0.2, -0.15) is 0 Å². The number of amides is 1. The molecule has 1 atom stereocenters. The third-order valence-electron chi connectivity index (χ3n) is 3.90. The zero-order valence-electron chi connectivity index (χ0n) is 12.2. The van der Waals surface area contributed by atoms with E-state index in [1.54, 1.807) is 0 Å². The average molecular weight is 316 g/mol. The molecule has 0 bridgehead atoms. The third kappa shape index (κ3) is 3.42. The number of halogens is 1. The molecule has 0 radical (unpaired) electrons. The Morgan fingerprint density at radius 1 is 1.18 bits per heavy atom. The van der Waals surface area contributed by atoms with Gasteiger partial charge in [0.1, 0.15) is 5.75 Å². The van der Waals surface area contributed by atoms with Crippen molar-refractivity contribution in [3.63, 3.8) is 0 Å². The number of carbonyl (C=O) groups is 1. The first-order valence-electron chi connectivity index (χ1n) is 7.48. The maximum Gasteiger partial charge on any atom is 0.227 e. The smallest absolute Gasteiger partial charge is 0.227 e. The van der Waals surface area contributed by atoms with Gasteiger partial charge in [0.05, 0.1) is 12.5 Å². The molecule has 22 heavy (non-hydrogen) atoms. The van der Waals surface area contributed by atoms with Crippen molar-refractivity contribution in [3.05, 3.63) is 64.7 Å². The fourth-order valence-corrected chi connectivity index (χ4v) is 2.84. The van der Waals surface area contributed by atoms with Crippen LogP contribution in [0.5, 0.6) is 5.75 Å². The summed E-state index contributed by atoms with van der Waals surface area (Å²) in [5.74, 6) is 0.784. The van der Waals surface area contributed by atoms with Crippen LogP contribution in [0, 0.1) is 0 Å². The first-order valence-corrected chi connectivity index (χ1v) is 7.86. The van der Waals surface area contributed by atoms with Gasteiger partial charge < -0.3 is 10.1 Å². The molecule has 1 aliphatic rings. The van der Waals surface area contributed by atoms with Crippen molar-refractivity contribution in [2.45, 2.75) is 18.8 Å². The number of para-hydroxylation sites is 1. The fraction of sp³-hybridized carbons (Fsp3) is 0.278. The van der Waals surface area contributed by atoms with Crippen LogP contribution >= 0.6 is 11.6 Å². The molecule has 2 aromatic carbocycles. The van der Waals surface area contributed by atoms with Gasteiger partial charge >= 0.3 is 0 Å². The van der Waals surface area contributed by atoms with E-state index in [0.29, 0.717) is 13.2 Å². The first kappa shape index (κ1) is 14.9. The van der Waals surface area contributed by atoms with Crippen LogP contribution in [0.1, 0.15) is 23.5 Å². The van der Waals surface area contributed by atoms with Crippen molar-refractivity contribution in [1.82, 2.24) is 5.32 Å². The van der Waals surface area contributed by atoms with Crippen molar-refractivity contribution >= 4 is 17.5 Å². The Morgan fingerprint density at radius 3 is 2.77 bits per heavy atom. The van der Waals surface area contributed by atoms with E-state index in [2.05, 4.69) is 5.32 Å². The Bertz CT molecular complexity index is 654. The van der Waals surface area contributed by atoms with Gasteiger partial charge in [0.15, 0.2) is 0 Å². The summed E-state index contributed by atoms with van der Waals surface area (Å²) < 4.78 is 5.60. The Labute approximate surface area is 135 Å². The standard InChI is InChI=1S/C18H18ClNO2/c19-14-7-5-13(6-8-14)9-11-20-18(21)16-10-12-22-17-4-2-1-3-15(16)17/h1-8,16H,9-12H2,(H,20,21). The molecular formula is C18H18ClNO2. The number of rotatable bonds is 4. The molecule has 1 N–H and O–H groups in total. The summed E-state index contributed by atoms with van der Waals surface area (Å²) in [6.45, 7) is 1.21. The van der Waals surface area contributed by atoms with Crippen molar-refractivity contribution in [2.24, 2.45) is 0 Å². The minimum absolute atomic E-state index is 0.0738. The number of carbonyl (C=O) groups excluding carboxylic acids is 1. The molecule has 1 unspecified atom stereocenters. The van der Waals surface area contributed by atoms with Crippen molar-refractivity contribution < 1.29 is 9.53 Å². The lowest BCUT2D eigenvalue weighted by molar-refractivity contribution is -0.123. The maximum absolute atomic E-state index is 12.4. The number of fused-ring (bicyclic) bond motifs is 1. The van der Waals surface area contributed by atoms with Crippen LogP contribution in [0.15, 0.2) is 48.5 Å². The molecule has 2 aromatic rings. The number of hydrogen-bond acceptors (Lipinski definition) is 2. The summed E-state index contributed by atoms with van der Waals surface area (Å²) in [6, 6.07) is 15.5. The Kier molecular flexibility index (Phi) is 4.64. The van der Waals surface area contributed by atoms with Crippen molar-refractivity contribution in [3.8, 4) is 5.75 Å². The molecule has 0 saturated heterocycles. The van der Waals surface area contributed by atoms with Crippen molar-refractivity contribution in [1.29, 1.82) is 0 Å². The summed E-state index contributed by atoms with van der Waals surface area (Å²) in [4.78, 5) is 12.4. The molecule has 1 amide bonds. The summed E-state index contributed by atoms with van der Waals surface area (Å²) >= 11 is 5.86. The number of benzene rings is 2. The fourth-order valence-electron chi connectivity index (χ4n) is 2.72. The molecule has 1 heterocycles. The van der Waals surface area contributed by atoms with E-state index in [1.807, 2.05) is 48.5 Å². The topological polar surface area (TPSA) is 38.3 Å².